The van der Waals surface area contributed by atoms with Crippen LogP contribution in [-0.2, 0) is 16.8 Å². The van der Waals surface area contributed by atoms with E-state index in [0.717, 1.165) is 33.7 Å². The predicted octanol–water partition coefficient (Wildman–Crippen LogP) is 5.38. The molecule has 6 nitrogen and oxygen atoms in total. The number of aromatic nitrogens is 2. The van der Waals surface area contributed by atoms with E-state index < -0.39 is 5.41 Å². The Bertz CT molecular complexity index is 1160. The van der Waals surface area contributed by atoms with Gasteiger partial charge in [0, 0.05) is 41.1 Å². The molecule has 0 atom stereocenters. The van der Waals surface area contributed by atoms with Gasteiger partial charge in [-0.15, -0.1) is 0 Å². The standard InChI is InChI=1S/C28H32N4O2S/c1-20-23(17-30-22(3)31-20)18-32(19-34)21(2)26(15-16-33)35-27(29)28(4,24-11-7-5-8-12-24)25-13-9-6-10-14-25/h5-14,17,19,29,33H,15-16,18H2,1-4H3/b26-21-,29-27?. The molecular formula is C28H32N4O2S. The van der Waals surface area contributed by atoms with Crippen molar-refractivity contribution in [3.63, 3.8) is 0 Å². The summed E-state index contributed by atoms with van der Waals surface area (Å²) >= 11 is 1.31. The Balaban J connectivity index is 1.98. The van der Waals surface area contributed by atoms with Crippen LogP contribution in [0.2, 0.25) is 0 Å². The molecule has 2 aromatic carbocycles. The van der Waals surface area contributed by atoms with Crippen LogP contribution in [0.25, 0.3) is 0 Å². The quantitative estimate of drug-likeness (QED) is 0.227. The Morgan fingerprint density at radius 1 is 1.09 bits per heavy atom. The largest absolute Gasteiger partial charge is 0.396 e. The maximum atomic E-state index is 12.1. The lowest BCUT2D eigenvalue weighted by Crippen LogP contribution is -2.32. The molecular weight excluding hydrogens is 456 g/mol. The normalized spacial score (nSPS) is 12.1. The molecule has 0 unspecified atom stereocenters. The van der Waals surface area contributed by atoms with Crippen molar-refractivity contribution < 1.29 is 9.90 Å². The topological polar surface area (TPSA) is 90.2 Å². The average Bonchev–Trinajstić information content (AvgIpc) is 2.88. The van der Waals surface area contributed by atoms with E-state index >= 15 is 0 Å². The summed E-state index contributed by atoms with van der Waals surface area (Å²) in [6.45, 7) is 7.86. The summed E-state index contributed by atoms with van der Waals surface area (Å²) in [5.41, 5.74) is 3.69. The highest BCUT2D eigenvalue weighted by Gasteiger charge is 2.35. The van der Waals surface area contributed by atoms with Crippen molar-refractivity contribution in [3.05, 3.63) is 106 Å². The first-order valence-electron chi connectivity index (χ1n) is 11.5. The Kier molecular flexibility index (Phi) is 8.95. The maximum absolute atomic E-state index is 12.1. The summed E-state index contributed by atoms with van der Waals surface area (Å²) in [5, 5.41) is 19.4. The van der Waals surface area contributed by atoms with Crippen LogP contribution in [0.4, 0.5) is 0 Å². The number of rotatable bonds is 10. The monoisotopic (exact) mass is 488 g/mol. The van der Waals surface area contributed by atoms with Gasteiger partial charge in [0.15, 0.2) is 0 Å². The van der Waals surface area contributed by atoms with Crippen LogP contribution in [0, 0.1) is 19.3 Å². The number of aliphatic hydroxyl groups is 1. The number of hydrogen-bond acceptors (Lipinski definition) is 6. The molecule has 1 heterocycles. The van der Waals surface area contributed by atoms with E-state index in [4.69, 9.17) is 0 Å². The van der Waals surface area contributed by atoms with Crippen LogP contribution in [0.3, 0.4) is 0 Å². The molecule has 0 aliphatic heterocycles. The number of carbonyl (C=O) groups is 1. The van der Waals surface area contributed by atoms with Crippen LogP contribution >= 0.6 is 11.8 Å². The van der Waals surface area contributed by atoms with Crippen molar-refractivity contribution in [2.24, 2.45) is 0 Å². The fourth-order valence-electron chi connectivity index (χ4n) is 3.95. The summed E-state index contributed by atoms with van der Waals surface area (Å²) in [6, 6.07) is 20.0. The second kappa shape index (κ2) is 11.9. The van der Waals surface area contributed by atoms with Crippen molar-refractivity contribution in [1.29, 1.82) is 5.41 Å². The summed E-state index contributed by atoms with van der Waals surface area (Å²) < 4.78 is 0. The highest BCUT2D eigenvalue weighted by Crippen LogP contribution is 2.40. The van der Waals surface area contributed by atoms with E-state index in [1.54, 1.807) is 11.1 Å². The number of hydrogen-bond donors (Lipinski definition) is 2. The van der Waals surface area contributed by atoms with Gasteiger partial charge in [0.25, 0.3) is 0 Å². The fraction of sp³-hybridized carbons (Fsp3) is 0.286. The maximum Gasteiger partial charge on any atom is 0.214 e. The van der Waals surface area contributed by atoms with E-state index in [1.165, 1.54) is 11.8 Å². The van der Waals surface area contributed by atoms with Crippen LogP contribution in [0.15, 0.2) is 77.5 Å². The fourth-order valence-corrected chi connectivity index (χ4v) is 5.09. The van der Waals surface area contributed by atoms with Crippen molar-refractivity contribution >= 4 is 23.2 Å². The summed E-state index contributed by atoms with van der Waals surface area (Å²) in [4.78, 5) is 23.1. The lowest BCUT2D eigenvalue weighted by molar-refractivity contribution is -0.116. The molecule has 0 spiro atoms. The molecule has 0 radical (unpaired) electrons. The van der Waals surface area contributed by atoms with Crippen LogP contribution in [-0.4, -0.2) is 38.0 Å². The molecule has 35 heavy (non-hydrogen) atoms. The first kappa shape index (κ1) is 26.3. The number of aliphatic hydroxyl groups excluding tert-OH is 1. The second-order valence-electron chi connectivity index (χ2n) is 8.53. The molecule has 0 aliphatic rings. The minimum absolute atomic E-state index is 0.0836. The van der Waals surface area contributed by atoms with Gasteiger partial charge in [0.1, 0.15) is 5.82 Å². The lowest BCUT2D eigenvalue weighted by atomic mass is 9.77. The zero-order chi connectivity index (χ0) is 25.4. The number of thioether (sulfide) groups is 1. The first-order valence-corrected chi connectivity index (χ1v) is 12.3. The minimum atomic E-state index is -0.693. The molecule has 3 aromatic rings. The van der Waals surface area contributed by atoms with Gasteiger partial charge in [-0.2, -0.15) is 0 Å². The molecule has 182 valence electrons. The highest BCUT2D eigenvalue weighted by atomic mass is 32.2. The van der Waals surface area contributed by atoms with E-state index in [0.29, 0.717) is 29.5 Å². The smallest absolute Gasteiger partial charge is 0.214 e. The predicted molar refractivity (Wildman–Crippen MR) is 142 cm³/mol. The van der Waals surface area contributed by atoms with Gasteiger partial charge < -0.3 is 10.0 Å². The zero-order valence-corrected chi connectivity index (χ0v) is 21.5. The van der Waals surface area contributed by atoms with Gasteiger partial charge in [-0.05, 0) is 38.8 Å². The number of nitrogens with one attached hydrogen (secondary N) is 1. The molecule has 0 bridgehead atoms. The van der Waals surface area contributed by atoms with E-state index in [2.05, 4.69) is 9.97 Å². The number of benzene rings is 2. The molecule has 0 fully saturated rings. The van der Waals surface area contributed by atoms with Crippen molar-refractivity contribution in [2.45, 2.75) is 46.1 Å². The Hall–Kier alpha value is -3.29. The summed E-state index contributed by atoms with van der Waals surface area (Å²) in [7, 11) is 0. The van der Waals surface area contributed by atoms with Crippen molar-refractivity contribution in [3.8, 4) is 0 Å². The third-order valence-electron chi connectivity index (χ3n) is 6.22. The van der Waals surface area contributed by atoms with Gasteiger partial charge in [-0.25, -0.2) is 9.97 Å². The van der Waals surface area contributed by atoms with Crippen molar-refractivity contribution in [2.75, 3.05) is 6.61 Å². The number of allylic oxidation sites excluding steroid dienone is 1. The summed E-state index contributed by atoms with van der Waals surface area (Å²) in [6.07, 6.45) is 2.86. The first-order chi connectivity index (χ1) is 16.8. The van der Waals surface area contributed by atoms with Crippen LogP contribution < -0.4 is 0 Å². The van der Waals surface area contributed by atoms with E-state index in [9.17, 15) is 15.3 Å². The van der Waals surface area contributed by atoms with Gasteiger partial charge in [0.05, 0.1) is 17.0 Å². The molecule has 7 heteroatoms. The SMILES string of the molecule is C/C(=C(\CCO)SC(=N)C(C)(c1ccccc1)c1ccccc1)N(C=O)Cc1cnc(C)nc1C. The van der Waals surface area contributed by atoms with Gasteiger partial charge in [-0.1, -0.05) is 72.4 Å². The molecule has 0 saturated heterocycles. The molecule has 1 aromatic heterocycles. The minimum Gasteiger partial charge on any atom is -0.396 e. The van der Waals surface area contributed by atoms with Gasteiger partial charge in [-0.3, -0.25) is 10.2 Å². The number of nitrogens with zero attached hydrogens (tertiary/aromatic N) is 3. The molecule has 0 saturated carbocycles. The molecule has 3 rings (SSSR count). The number of amides is 1. The second-order valence-corrected chi connectivity index (χ2v) is 9.64. The van der Waals surface area contributed by atoms with Crippen molar-refractivity contribution in [1.82, 2.24) is 14.9 Å². The highest BCUT2D eigenvalue weighted by molar-refractivity contribution is 8.17. The van der Waals surface area contributed by atoms with Gasteiger partial charge >= 0.3 is 0 Å². The molecule has 1 amide bonds. The number of carbonyl (C=O) groups excluding carboxylic acids is 1. The van der Waals surface area contributed by atoms with E-state index in [1.807, 2.05) is 88.4 Å². The Morgan fingerprint density at radius 3 is 2.14 bits per heavy atom. The number of aryl methyl sites for hydroxylation is 2. The third kappa shape index (κ3) is 6.05. The Labute approximate surface area is 211 Å². The van der Waals surface area contributed by atoms with E-state index in [-0.39, 0.29) is 6.61 Å². The molecule has 2 N–H and O–H groups in total. The molecule has 0 aliphatic carbocycles. The Morgan fingerprint density at radius 2 is 1.66 bits per heavy atom. The zero-order valence-electron chi connectivity index (χ0n) is 20.7. The average molecular weight is 489 g/mol. The van der Waals surface area contributed by atoms with Crippen LogP contribution in [0.1, 0.15) is 48.5 Å². The third-order valence-corrected chi connectivity index (χ3v) is 7.58. The van der Waals surface area contributed by atoms with Crippen LogP contribution in [0.5, 0.6) is 0 Å². The lowest BCUT2D eigenvalue weighted by Gasteiger charge is -2.32. The summed E-state index contributed by atoms with van der Waals surface area (Å²) in [5.74, 6) is 0.683. The van der Waals surface area contributed by atoms with Gasteiger partial charge in [0.2, 0.25) is 6.41 Å².